The van der Waals surface area contributed by atoms with E-state index in [0.29, 0.717) is 34.6 Å². The fraction of sp³-hybridized carbons (Fsp3) is 0. The maximum atomic E-state index is 4.77. The van der Waals surface area contributed by atoms with Crippen LogP contribution < -0.4 is 0 Å². The van der Waals surface area contributed by atoms with Crippen molar-refractivity contribution >= 4 is 0 Å². The molecule has 0 N–H and O–H groups in total. The van der Waals surface area contributed by atoms with E-state index in [-0.39, 0.29) is 0 Å². The molecule has 0 fully saturated rings. The molecular formula is C30H21N9. The van der Waals surface area contributed by atoms with Crippen molar-refractivity contribution < 1.29 is 0 Å². The quantitative estimate of drug-likeness (QED) is 0.298. The fourth-order valence-corrected chi connectivity index (χ4v) is 4.22. The topological polar surface area (TPSA) is 92.1 Å². The molecule has 186 valence electrons. The predicted octanol–water partition coefficient (Wildman–Crippen LogP) is 5.43. The summed E-state index contributed by atoms with van der Waals surface area (Å²) in [6.45, 7) is 0. The second-order valence-corrected chi connectivity index (χ2v) is 8.75. The third-order valence-electron chi connectivity index (χ3n) is 6.15. The molecular weight excluding hydrogens is 486 g/mol. The Morgan fingerprint density at radius 1 is 0.333 bits per heavy atom. The Kier molecular flexibility index (Phi) is 5.56. The van der Waals surface area contributed by atoms with Crippen LogP contribution >= 0.6 is 0 Å². The van der Waals surface area contributed by atoms with Gasteiger partial charge >= 0.3 is 0 Å². The van der Waals surface area contributed by atoms with Gasteiger partial charge in [-0.3, -0.25) is 0 Å². The number of hydrogen-bond donors (Lipinski definition) is 0. The molecule has 4 heterocycles. The molecule has 9 heteroatoms. The standard InChI is InChI=1S/C30H21N9/c1-4-10-22(11-5-1)37-19-16-25(34-37)28-31-29(26-17-20-38(35-26)23-12-6-2-7-13-23)33-30(32-28)27-18-21-39(36-27)24-14-8-3-9-15-24/h1-21H. The molecule has 0 atom stereocenters. The Bertz CT molecular complexity index is 1620. The van der Waals surface area contributed by atoms with Gasteiger partial charge in [0, 0.05) is 18.6 Å². The number of hydrogen-bond acceptors (Lipinski definition) is 6. The van der Waals surface area contributed by atoms with E-state index in [1.165, 1.54) is 0 Å². The maximum Gasteiger partial charge on any atom is 0.184 e. The van der Waals surface area contributed by atoms with E-state index >= 15 is 0 Å². The molecule has 3 aromatic carbocycles. The molecule has 0 bridgehead atoms. The lowest BCUT2D eigenvalue weighted by atomic mass is 10.3. The van der Waals surface area contributed by atoms with Crippen molar-refractivity contribution in [2.24, 2.45) is 0 Å². The van der Waals surface area contributed by atoms with Crippen LogP contribution in [0.5, 0.6) is 0 Å². The monoisotopic (exact) mass is 507 g/mol. The van der Waals surface area contributed by atoms with Gasteiger partial charge in [0.2, 0.25) is 0 Å². The van der Waals surface area contributed by atoms with Gasteiger partial charge < -0.3 is 0 Å². The van der Waals surface area contributed by atoms with Crippen molar-refractivity contribution in [2.75, 3.05) is 0 Å². The number of rotatable bonds is 6. The van der Waals surface area contributed by atoms with Crippen LogP contribution in [0, 0.1) is 0 Å². The van der Waals surface area contributed by atoms with E-state index in [1.54, 1.807) is 14.0 Å². The molecule has 0 radical (unpaired) electrons. The van der Waals surface area contributed by atoms with Crippen LogP contribution in [0.3, 0.4) is 0 Å². The Morgan fingerprint density at radius 3 is 0.897 bits per heavy atom. The first kappa shape index (κ1) is 22.5. The molecule has 0 aliphatic rings. The minimum absolute atomic E-state index is 0.438. The normalized spacial score (nSPS) is 11.1. The molecule has 0 saturated heterocycles. The minimum atomic E-state index is 0.438. The largest absolute Gasteiger partial charge is 0.240 e. The van der Waals surface area contributed by atoms with Crippen molar-refractivity contribution in [3.8, 4) is 51.6 Å². The summed E-state index contributed by atoms with van der Waals surface area (Å²) in [5.41, 5.74) is 4.69. The Hall–Kier alpha value is -5.70. The molecule has 9 nitrogen and oxygen atoms in total. The van der Waals surface area contributed by atoms with Gasteiger partial charge in [0.1, 0.15) is 17.1 Å². The summed E-state index contributed by atoms with van der Waals surface area (Å²) in [6, 6.07) is 35.4. The average molecular weight is 508 g/mol. The molecule has 0 aliphatic heterocycles. The molecule has 0 spiro atoms. The van der Waals surface area contributed by atoms with Crippen molar-refractivity contribution in [3.05, 3.63) is 128 Å². The zero-order valence-corrected chi connectivity index (χ0v) is 20.6. The Morgan fingerprint density at radius 2 is 0.615 bits per heavy atom. The summed E-state index contributed by atoms with van der Waals surface area (Å²) in [7, 11) is 0. The predicted molar refractivity (Wildman–Crippen MR) is 148 cm³/mol. The highest BCUT2D eigenvalue weighted by Gasteiger charge is 2.17. The molecule has 4 aromatic heterocycles. The highest BCUT2D eigenvalue weighted by Crippen LogP contribution is 2.24. The van der Waals surface area contributed by atoms with E-state index in [1.807, 2.05) is 128 Å². The van der Waals surface area contributed by atoms with Gasteiger partial charge in [-0.2, -0.15) is 15.3 Å². The lowest BCUT2D eigenvalue weighted by molar-refractivity contribution is 0.866. The van der Waals surface area contributed by atoms with Gasteiger partial charge in [0.25, 0.3) is 0 Å². The third-order valence-corrected chi connectivity index (χ3v) is 6.15. The summed E-state index contributed by atoms with van der Waals surface area (Å²) >= 11 is 0. The molecule has 39 heavy (non-hydrogen) atoms. The summed E-state index contributed by atoms with van der Waals surface area (Å²) in [4.78, 5) is 14.3. The smallest absolute Gasteiger partial charge is 0.184 e. The van der Waals surface area contributed by atoms with Gasteiger partial charge in [0.15, 0.2) is 17.5 Å². The number of para-hydroxylation sites is 3. The first-order chi connectivity index (χ1) is 19.3. The van der Waals surface area contributed by atoms with E-state index in [2.05, 4.69) is 0 Å². The SMILES string of the molecule is c1ccc(-n2ccc(-c3nc(-c4ccn(-c5ccccc5)n4)nc(-c4ccn(-c5ccccc5)n4)n3)n2)cc1. The molecule has 0 unspecified atom stereocenters. The summed E-state index contributed by atoms with van der Waals surface area (Å²) in [6.07, 6.45) is 5.67. The fourth-order valence-electron chi connectivity index (χ4n) is 4.22. The highest BCUT2D eigenvalue weighted by atomic mass is 15.3. The van der Waals surface area contributed by atoms with Crippen molar-refractivity contribution in [1.82, 2.24) is 44.3 Å². The van der Waals surface area contributed by atoms with E-state index in [0.717, 1.165) is 17.1 Å². The van der Waals surface area contributed by atoms with Gasteiger partial charge in [-0.25, -0.2) is 29.0 Å². The third kappa shape index (κ3) is 4.49. The van der Waals surface area contributed by atoms with Crippen LogP contribution in [-0.4, -0.2) is 44.3 Å². The van der Waals surface area contributed by atoms with Crippen LogP contribution in [-0.2, 0) is 0 Å². The summed E-state index contributed by atoms with van der Waals surface area (Å²) < 4.78 is 5.40. The molecule has 0 aliphatic carbocycles. The minimum Gasteiger partial charge on any atom is -0.240 e. The summed E-state index contributed by atoms with van der Waals surface area (Å²) in [5, 5.41) is 14.2. The number of nitrogens with zero attached hydrogens (tertiary/aromatic N) is 9. The van der Waals surface area contributed by atoms with Crippen LogP contribution in [0.4, 0.5) is 0 Å². The zero-order chi connectivity index (χ0) is 26.0. The van der Waals surface area contributed by atoms with E-state index < -0.39 is 0 Å². The molecule has 0 amide bonds. The Labute approximate surface area is 223 Å². The van der Waals surface area contributed by atoms with Gasteiger partial charge in [0.05, 0.1) is 17.1 Å². The van der Waals surface area contributed by atoms with Crippen molar-refractivity contribution in [3.63, 3.8) is 0 Å². The first-order valence-corrected chi connectivity index (χ1v) is 12.4. The van der Waals surface area contributed by atoms with Gasteiger partial charge in [-0.05, 0) is 54.6 Å². The maximum absolute atomic E-state index is 4.77. The van der Waals surface area contributed by atoms with Gasteiger partial charge in [-0.1, -0.05) is 54.6 Å². The zero-order valence-electron chi connectivity index (χ0n) is 20.6. The van der Waals surface area contributed by atoms with E-state index in [9.17, 15) is 0 Å². The summed E-state index contributed by atoms with van der Waals surface area (Å²) in [5.74, 6) is 1.31. The van der Waals surface area contributed by atoms with Crippen LogP contribution in [0.15, 0.2) is 128 Å². The number of aromatic nitrogens is 9. The lowest BCUT2D eigenvalue weighted by Gasteiger charge is -2.05. The molecule has 7 aromatic rings. The Balaban J connectivity index is 1.33. The van der Waals surface area contributed by atoms with E-state index in [4.69, 9.17) is 30.2 Å². The van der Waals surface area contributed by atoms with Crippen LogP contribution in [0.2, 0.25) is 0 Å². The van der Waals surface area contributed by atoms with Crippen LogP contribution in [0.1, 0.15) is 0 Å². The lowest BCUT2D eigenvalue weighted by Crippen LogP contribution is -2.03. The van der Waals surface area contributed by atoms with Crippen molar-refractivity contribution in [1.29, 1.82) is 0 Å². The first-order valence-electron chi connectivity index (χ1n) is 12.4. The highest BCUT2D eigenvalue weighted by molar-refractivity contribution is 5.61. The molecule has 0 saturated carbocycles. The van der Waals surface area contributed by atoms with Crippen molar-refractivity contribution in [2.45, 2.75) is 0 Å². The van der Waals surface area contributed by atoms with Gasteiger partial charge in [-0.15, -0.1) is 0 Å². The second kappa shape index (κ2) is 9.64. The number of benzene rings is 3. The average Bonchev–Trinajstić information content (AvgIpc) is 3.80. The second-order valence-electron chi connectivity index (χ2n) is 8.75. The van der Waals surface area contributed by atoms with Crippen LogP contribution in [0.25, 0.3) is 51.6 Å². The molecule has 7 rings (SSSR count).